The summed E-state index contributed by atoms with van der Waals surface area (Å²) in [5, 5.41) is 0.506. The highest BCUT2D eigenvalue weighted by Crippen LogP contribution is 2.17. The van der Waals surface area contributed by atoms with Gasteiger partial charge < -0.3 is 9.47 Å². The SMILES string of the molecule is COC(=O)c1cccc(COC(=O)c2ccc3c(=O)n4c(nc3c2)CCCCCC4)c1. The number of esters is 2. The Morgan fingerprint density at radius 1 is 1.00 bits per heavy atom. The third kappa shape index (κ3) is 4.50. The van der Waals surface area contributed by atoms with Gasteiger partial charge in [0, 0.05) is 13.0 Å². The maximum atomic E-state index is 12.9. The number of carbonyl (C=O) groups is 2. The zero-order valence-corrected chi connectivity index (χ0v) is 17.4. The summed E-state index contributed by atoms with van der Waals surface area (Å²) in [6, 6.07) is 11.6. The van der Waals surface area contributed by atoms with E-state index in [2.05, 4.69) is 4.98 Å². The summed E-state index contributed by atoms with van der Waals surface area (Å²) in [4.78, 5) is 41.8. The molecule has 31 heavy (non-hydrogen) atoms. The smallest absolute Gasteiger partial charge is 0.338 e. The Bertz CT molecular complexity index is 1200. The minimum atomic E-state index is -0.515. The number of benzene rings is 2. The second-order valence-corrected chi connectivity index (χ2v) is 7.65. The van der Waals surface area contributed by atoms with Crippen molar-refractivity contribution in [1.82, 2.24) is 9.55 Å². The van der Waals surface area contributed by atoms with Crippen molar-refractivity contribution in [3.05, 3.63) is 75.3 Å². The molecule has 2 heterocycles. The van der Waals surface area contributed by atoms with Gasteiger partial charge in [0.1, 0.15) is 12.4 Å². The predicted molar refractivity (Wildman–Crippen MR) is 115 cm³/mol. The molecule has 1 aliphatic heterocycles. The molecule has 0 bridgehead atoms. The van der Waals surface area contributed by atoms with Crippen LogP contribution in [-0.4, -0.2) is 28.6 Å². The molecule has 0 N–H and O–H groups in total. The molecule has 0 saturated heterocycles. The van der Waals surface area contributed by atoms with Gasteiger partial charge in [-0.2, -0.15) is 0 Å². The number of nitrogens with zero attached hydrogens (tertiary/aromatic N) is 2. The average molecular weight is 420 g/mol. The Labute approximate surface area is 179 Å². The molecule has 0 spiro atoms. The second-order valence-electron chi connectivity index (χ2n) is 7.65. The first kappa shape index (κ1) is 20.8. The number of methoxy groups -OCH3 is 1. The number of hydrogen-bond acceptors (Lipinski definition) is 6. The molecule has 0 unspecified atom stereocenters. The van der Waals surface area contributed by atoms with Crippen LogP contribution in [0.3, 0.4) is 0 Å². The average Bonchev–Trinajstić information content (AvgIpc) is 2.78. The summed E-state index contributed by atoms with van der Waals surface area (Å²) in [6.07, 6.45) is 5.00. The monoisotopic (exact) mass is 420 g/mol. The fourth-order valence-electron chi connectivity index (χ4n) is 3.86. The molecular formula is C24H24N2O5. The van der Waals surface area contributed by atoms with Crippen LogP contribution < -0.4 is 5.56 Å². The lowest BCUT2D eigenvalue weighted by Gasteiger charge is -2.16. The number of aryl methyl sites for hydroxylation is 1. The molecule has 7 heteroatoms. The van der Waals surface area contributed by atoms with Crippen LogP contribution in [0.5, 0.6) is 0 Å². The van der Waals surface area contributed by atoms with Crippen LogP contribution in [0.2, 0.25) is 0 Å². The fourth-order valence-corrected chi connectivity index (χ4v) is 3.86. The van der Waals surface area contributed by atoms with Gasteiger partial charge in [-0.05, 0) is 48.7 Å². The highest BCUT2D eigenvalue weighted by Gasteiger charge is 2.16. The van der Waals surface area contributed by atoms with Gasteiger partial charge in [-0.1, -0.05) is 25.0 Å². The van der Waals surface area contributed by atoms with E-state index in [1.807, 2.05) is 0 Å². The van der Waals surface area contributed by atoms with E-state index in [1.165, 1.54) is 7.11 Å². The fraction of sp³-hybridized carbons (Fsp3) is 0.333. The molecule has 1 aromatic heterocycles. The molecule has 7 nitrogen and oxygen atoms in total. The highest BCUT2D eigenvalue weighted by atomic mass is 16.5. The first-order valence-electron chi connectivity index (χ1n) is 10.4. The Balaban J connectivity index is 1.55. The molecule has 0 aliphatic carbocycles. The number of fused-ring (bicyclic) bond motifs is 2. The van der Waals surface area contributed by atoms with Crippen molar-refractivity contribution < 1.29 is 19.1 Å². The van der Waals surface area contributed by atoms with Crippen LogP contribution in [-0.2, 0) is 29.0 Å². The molecule has 2 aromatic carbocycles. The molecule has 0 fully saturated rings. The van der Waals surface area contributed by atoms with Crippen molar-refractivity contribution in [2.45, 2.75) is 45.3 Å². The third-order valence-corrected chi connectivity index (χ3v) is 5.52. The molecule has 0 radical (unpaired) electrons. The number of ether oxygens (including phenoxy) is 2. The van der Waals surface area contributed by atoms with Crippen molar-refractivity contribution in [2.75, 3.05) is 7.11 Å². The summed E-state index contributed by atoms with van der Waals surface area (Å²) < 4.78 is 11.9. The molecule has 3 aromatic rings. The Morgan fingerprint density at radius 3 is 2.65 bits per heavy atom. The maximum absolute atomic E-state index is 12.9. The molecule has 0 atom stereocenters. The normalized spacial score (nSPS) is 13.7. The van der Waals surface area contributed by atoms with E-state index < -0.39 is 11.9 Å². The van der Waals surface area contributed by atoms with Gasteiger partial charge in [0.25, 0.3) is 5.56 Å². The van der Waals surface area contributed by atoms with Gasteiger partial charge in [0.05, 0.1) is 29.1 Å². The van der Waals surface area contributed by atoms with Gasteiger partial charge in [0.15, 0.2) is 0 Å². The van der Waals surface area contributed by atoms with Crippen molar-refractivity contribution in [2.24, 2.45) is 0 Å². The Kier molecular flexibility index (Phi) is 6.11. The van der Waals surface area contributed by atoms with E-state index >= 15 is 0 Å². The summed E-state index contributed by atoms with van der Waals surface area (Å²) in [5.41, 5.74) is 1.86. The van der Waals surface area contributed by atoms with Crippen molar-refractivity contribution in [3.63, 3.8) is 0 Å². The molecule has 0 amide bonds. The molecular weight excluding hydrogens is 396 g/mol. The van der Waals surface area contributed by atoms with Gasteiger partial charge >= 0.3 is 11.9 Å². The zero-order valence-electron chi connectivity index (χ0n) is 17.4. The Morgan fingerprint density at radius 2 is 1.81 bits per heavy atom. The quantitative estimate of drug-likeness (QED) is 0.599. The summed E-state index contributed by atoms with van der Waals surface area (Å²) in [7, 11) is 1.31. The first-order valence-corrected chi connectivity index (χ1v) is 10.4. The summed E-state index contributed by atoms with van der Waals surface area (Å²) >= 11 is 0. The topological polar surface area (TPSA) is 87.5 Å². The van der Waals surface area contributed by atoms with E-state index in [4.69, 9.17) is 9.47 Å². The first-order chi connectivity index (χ1) is 15.1. The second kappa shape index (κ2) is 9.12. The van der Waals surface area contributed by atoms with Gasteiger partial charge in [-0.25, -0.2) is 14.6 Å². The number of aromatic nitrogens is 2. The lowest BCUT2D eigenvalue weighted by Crippen LogP contribution is -2.26. The van der Waals surface area contributed by atoms with Gasteiger partial charge in [-0.3, -0.25) is 9.36 Å². The van der Waals surface area contributed by atoms with E-state index in [0.717, 1.165) is 37.9 Å². The van der Waals surface area contributed by atoms with Crippen molar-refractivity contribution in [1.29, 1.82) is 0 Å². The van der Waals surface area contributed by atoms with Crippen LogP contribution in [0.15, 0.2) is 47.3 Å². The number of rotatable bonds is 4. The van der Waals surface area contributed by atoms with E-state index in [-0.39, 0.29) is 12.2 Å². The van der Waals surface area contributed by atoms with Crippen molar-refractivity contribution >= 4 is 22.8 Å². The van der Waals surface area contributed by atoms with Crippen LogP contribution in [0.4, 0.5) is 0 Å². The number of hydrogen-bond donors (Lipinski definition) is 0. The van der Waals surface area contributed by atoms with Crippen LogP contribution in [0.25, 0.3) is 10.9 Å². The predicted octanol–water partition coefficient (Wildman–Crippen LogP) is 3.66. The maximum Gasteiger partial charge on any atom is 0.338 e. The minimum absolute atomic E-state index is 0.0159. The highest BCUT2D eigenvalue weighted by molar-refractivity contribution is 5.94. The largest absolute Gasteiger partial charge is 0.465 e. The molecule has 0 saturated carbocycles. The van der Waals surface area contributed by atoms with Crippen LogP contribution in [0, 0.1) is 0 Å². The third-order valence-electron chi connectivity index (χ3n) is 5.52. The minimum Gasteiger partial charge on any atom is -0.465 e. The van der Waals surface area contributed by atoms with Crippen molar-refractivity contribution in [3.8, 4) is 0 Å². The van der Waals surface area contributed by atoms with E-state index in [1.54, 1.807) is 47.0 Å². The van der Waals surface area contributed by atoms with E-state index in [0.29, 0.717) is 34.1 Å². The lowest BCUT2D eigenvalue weighted by molar-refractivity contribution is 0.0473. The Hall–Kier alpha value is -3.48. The van der Waals surface area contributed by atoms with Gasteiger partial charge in [-0.15, -0.1) is 0 Å². The van der Waals surface area contributed by atoms with Crippen LogP contribution in [0.1, 0.15) is 57.8 Å². The lowest BCUT2D eigenvalue weighted by atomic mass is 10.1. The standard InChI is InChI=1S/C24H24N2O5/c1-30-23(28)17-8-6-7-16(13-17)15-31-24(29)18-10-11-19-20(14-18)25-21-9-4-2-3-5-12-26(21)22(19)27/h6-8,10-11,13-14H,2-5,9,12,15H2,1H3. The summed E-state index contributed by atoms with van der Waals surface area (Å²) in [6.45, 7) is 0.702. The molecule has 1 aliphatic rings. The summed E-state index contributed by atoms with van der Waals surface area (Å²) in [5.74, 6) is -0.184. The van der Waals surface area contributed by atoms with Crippen LogP contribution >= 0.6 is 0 Å². The van der Waals surface area contributed by atoms with Gasteiger partial charge in [0.2, 0.25) is 0 Å². The number of carbonyl (C=O) groups excluding carboxylic acids is 2. The zero-order chi connectivity index (χ0) is 21.8. The van der Waals surface area contributed by atoms with E-state index in [9.17, 15) is 14.4 Å². The molecule has 160 valence electrons. The molecule has 4 rings (SSSR count).